The lowest BCUT2D eigenvalue weighted by molar-refractivity contribution is -0.147. The van der Waals surface area contributed by atoms with Crippen molar-refractivity contribution < 1.29 is 19.7 Å². The number of carboxylic acids is 1. The number of carbonyl (C=O) groups is 1. The molecule has 0 saturated heterocycles. The average molecular weight is 216 g/mol. The molecule has 0 aliphatic heterocycles. The van der Waals surface area contributed by atoms with Crippen molar-refractivity contribution in [1.29, 1.82) is 0 Å². The molecule has 0 aliphatic carbocycles. The van der Waals surface area contributed by atoms with Gasteiger partial charge in [-0.15, -0.1) is 6.58 Å². The minimum absolute atomic E-state index is 0.0605. The normalized spacial score (nSPS) is 14.5. The van der Waals surface area contributed by atoms with Crippen LogP contribution in [0.15, 0.2) is 12.7 Å². The molecule has 0 aliphatic rings. The number of rotatable bonds is 9. The highest BCUT2D eigenvalue weighted by Crippen LogP contribution is 2.10. The van der Waals surface area contributed by atoms with Crippen LogP contribution in [0.25, 0.3) is 0 Å². The zero-order valence-corrected chi connectivity index (χ0v) is 9.19. The van der Waals surface area contributed by atoms with Crippen LogP contribution in [0.3, 0.4) is 0 Å². The van der Waals surface area contributed by atoms with Crippen LogP contribution in [0.2, 0.25) is 0 Å². The van der Waals surface area contributed by atoms with Crippen molar-refractivity contribution in [2.75, 3.05) is 6.61 Å². The van der Waals surface area contributed by atoms with Gasteiger partial charge in [0.15, 0.2) is 6.29 Å². The van der Waals surface area contributed by atoms with E-state index in [1.54, 1.807) is 0 Å². The van der Waals surface area contributed by atoms with Crippen LogP contribution >= 0.6 is 0 Å². The molecule has 15 heavy (non-hydrogen) atoms. The molecule has 0 bridgehead atoms. The average Bonchev–Trinajstić information content (AvgIpc) is 2.20. The maximum Gasteiger partial charge on any atom is 0.310 e. The van der Waals surface area contributed by atoms with Gasteiger partial charge in [0.25, 0.3) is 0 Å². The van der Waals surface area contributed by atoms with Gasteiger partial charge in [-0.05, 0) is 6.42 Å². The third-order valence-electron chi connectivity index (χ3n) is 2.12. The summed E-state index contributed by atoms with van der Waals surface area (Å²) in [6.45, 7) is 5.95. The number of ether oxygens (including phenoxy) is 1. The summed E-state index contributed by atoms with van der Waals surface area (Å²) < 4.78 is 5.07. The molecule has 0 aromatic rings. The second kappa shape index (κ2) is 8.44. The summed E-state index contributed by atoms with van der Waals surface area (Å²) in [5.41, 5.74) is 0. The Labute approximate surface area is 90.6 Å². The summed E-state index contributed by atoms with van der Waals surface area (Å²) in [4.78, 5) is 10.6. The maximum atomic E-state index is 10.6. The van der Waals surface area contributed by atoms with E-state index in [1.807, 2.05) is 0 Å². The topological polar surface area (TPSA) is 66.8 Å². The number of aliphatic hydroxyl groups is 1. The Bertz CT molecular complexity index is 191. The van der Waals surface area contributed by atoms with Crippen molar-refractivity contribution in [2.24, 2.45) is 5.92 Å². The van der Waals surface area contributed by atoms with Gasteiger partial charge in [0.05, 0.1) is 5.92 Å². The first-order valence-electron chi connectivity index (χ1n) is 5.26. The monoisotopic (exact) mass is 216 g/mol. The zero-order chi connectivity index (χ0) is 11.7. The Hall–Kier alpha value is -0.870. The Morgan fingerprint density at radius 3 is 2.67 bits per heavy atom. The summed E-state index contributed by atoms with van der Waals surface area (Å²) in [6, 6.07) is 0. The summed E-state index contributed by atoms with van der Waals surface area (Å²) in [5, 5.41) is 18.1. The molecule has 0 fully saturated rings. The van der Waals surface area contributed by atoms with E-state index < -0.39 is 18.2 Å². The lowest BCUT2D eigenvalue weighted by atomic mass is 10.1. The first-order chi connectivity index (χ1) is 7.11. The van der Waals surface area contributed by atoms with Crippen molar-refractivity contribution in [2.45, 2.75) is 38.9 Å². The molecular formula is C11H20O4. The molecule has 2 N–H and O–H groups in total. The molecule has 4 nitrogen and oxygen atoms in total. The first-order valence-corrected chi connectivity index (χ1v) is 5.26. The number of aliphatic carboxylic acids is 1. The molecular weight excluding hydrogens is 196 g/mol. The molecule has 88 valence electrons. The quantitative estimate of drug-likeness (QED) is 0.350. The van der Waals surface area contributed by atoms with Crippen LogP contribution in [0.5, 0.6) is 0 Å². The molecule has 0 aromatic heterocycles. The summed E-state index contributed by atoms with van der Waals surface area (Å²) in [7, 11) is 0. The van der Waals surface area contributed by atoms with Crippen LogP contribution < -0.4 is 0 Å². The van der Waals surface area contributed by atoms with E-state index in [2.05, 4.69) is 13.5 Å². The maximum absolute atomic E-state index is 10.6. The predicted molar refractivity (Wildman–Crippen MR) is 57.4 cm³/mol. The van der Waals surface area contributed by atoms with E-state index in [0.29, 0.717) is 6.61 Å². The van der Waals surface area contributed by atoms with Crippen LogP contribution in [-0.2, 0) is 9.53 Å². The highest BCUT2D eigenvalue weighted by atomic mass is 16.6. The molecule has 0 saturated carbocycles. The highest BCUT2D eigenvalue weighted by Gasteiger charge is 2.18. The molecule has 0 rings (SSSR count). The lowest BCUT2D eigenvalue weighted by Gasteiger charge is -2.14. The number of unbranched alkanes of at least 4 members (excludes halogenated alkanes) is 2. The number of hydrogen-bond acceptors (Lipinski definition) is 3. The zero-order valence-electron chi connectivity index (χ0n) is 9.19. The molecule has 0 amide bonds. The van der Waals surface area contributed by atoms with Crippen molar-refractivity contribution in [3.8, 4) is 0 Å². The van der Waals surface area contributed by atoms with E-state index in [4.69, 9.17) is 9.84 Å². The Balaban J connectivity index is 3.66. The lowest BCUT2D eigenvalue weighted by Crippen LogP contribution is -2.21. The fourth-order valence-electron chi connectivity index (χ4n) is 1.15. The van der Waals surface area contributed by atoms with Crippen molar-refractivity contribution in [3.63, 3.8) is 0 Å². The van der Waals surface area contributed by atoms with Crippen LogP contribution in [0.1, 0.15) is 32.6 Å². The van der Waals surface area contributed by atoms with Gasteiger partial charge in [0.2, 0.25) is 0 Å². The molecule has 4 heteroatoms. The summed E-state index contributed by atoms with van der Waals surface area (Å²) in [6.07, 6.45) is 3.38. The van der Waals surface area contributed by atoms with E-state index in [1.165, 1.54) is 6.08 Å². The van der Waals surface area contributed by atoms with Crippen LogP contribution in [0.4, 0.5) is 0 Å². The second-order valence-electron chi connectivity index (χ2n) is 3.45. The third kappa shape index (κ3) is 7.11. The fraction of sp³-hybridized carbons (Fsp3) is 0.727. The minimum atomic E-state index is -1.01. The smallest absolute Gasteiger partial charge is 0.310 e. The first kappa shape index (κ1) is 14.1. The van der Waals surface area contributed by atoms with Gasteiger partial charge in [-0.2, -0.15) is 0 Å². The summed E-state index contributed by atoms with van der Waals surface area (Å²) >= 11 is 0. The van der Waals surface area contributed by atoms with Gasteiger partial charge in [-0.1, -0.05) is 25.8 Å². The van der Waals surface area contributed by atoms with Gasteiger partial charge in [0.1, 0.15) is 0 Å². The Kier molecular flexibility index (Phi) is 7.95. The Morgan fingerprint density at radius 2 is 2.20 bits per heavy atom. The van der Waals surface area contributed by atoms with Crippen molar-refractivity contribution in [1.82, 2.24) is 0 Å². The standard InChI is InChI=1S/C11H20O4/c1-3-5-6-7-15-10(12)8-9(4-2)11(13)14/h4,9-10,12H,2-3,5-8H2,1H3,(H,13,14)/t9-,10+/m1/s1. The molecule has 0 radical (unpaired) electrons. The SMILES string of the molecule is C=C[C@H](C[C@@H](O)OCCCCC)C(=O)O. The van der Waals surface area contributed by atoms with Gasteiger partial charge in [-0.3, -0.25) is 4.79 Å². The number of aliphatic hydroxyl groups excluding tert-OH is 1. The van der Waals surface area contributed by atoms with Crippen molar-refractivity contribution >= 4 is 5.97 Å². The van der Waals surface area contributed by atoms with Gasteiger partial charge >= 0.3 is 5.97 Å². The van der Waals surface area contributed by atoms with E-state index in [9.17, 15) is 9.90 Å². The van der Waals surface area contributed by atoms with Gasteiger partial charge in [0, 0.05) is 13.0 Å². The van der Waals surface area contributed by atoms with E-state index in [0.717, 1.165) is 19.3 Å². The molecule has 0 heterocycles. The van der Waals surface area contributed by atoms with E-state index >= 15 is 0 Å². The molecule has 0 unspecified atom stereocenters. The Morgan fingerprint density at radius 1 is 1.53 bits per heavy atom. The molecule has 0 aromatic carbocycles. The molecule has 2 atom stereocenters. The van der Waals surface area contributed by atoms with E-state index in [-0.39, 0.29) is 6.42 Å². The largest absolute Gasteiger partial charge is 0.481 e. The van der Waals surface area contributed by atoms with Gasteiger partial charge in [-0.25, -0.2) is 0 Å². The number of carboxylic acid groups (broad SMARTS) is 1. The number of hydrogen-bond donors (Lipinski definition) is 2. The minimum Gasteiger partial charge on any atom is -0.481 e. The highest BCUT2D eigenvalue weighted by molar-refractivity contribution is 5.71. The third-order valence-corrected chi connectivity index (χ3v) is 2.12. The summed E-state index contributed by atoms with van der Waals surface area (Å²) in [5.74, 6) is -1.73. The van der Waals surface area contributed by atoms with Gasteiger partial charge < -0.3 is 14.9 Å². The predicted octanol–water partition coefficient (Wildman–Crippen LogP) is 1.79. The molecule has 0 spiro atoms. The second-order valence-corrected chi connectivity index (χ2v) is 3.45. The van der Waals surface area contributed by atoms with Crippen LogP contribution in [-0.4, -0.2) is 29.1 Å². The van der Waals surface area contributed by atoms with Crippen LogP contribution in [0, 0.1) is 5.92 Å². The van der Waals surface area contributed by atoms with Crippen molar-refractivity contribution in [3.05, 3.63) is 12.7 Å². The fourth-order valence-corrected chi connectivity index (χ4v) is 1.15.